The summed E-state index contributed by atoms with van der Waals surface area (Å²) in [6, 6.07) is 19.1. The van der Waals surface area contributed by atoms with E-state index in [4.69, 9.17) is 4.74 Å². The Balaban J connectivity index is 1.49. The van der Waals surface area contributed by atoms with Crippen LogP contribution in [0.15, 0.2) is 66.9 Å². The van der Waals surface area contributed by atoms with Crippen LogP contribution in [0.3, 0.4) is 0 Å². The maximum Gasteiger partial charge on any atom is 0.212 e. The average molecular weight is 356 g/mol. The zero-order chi connectivity index (χ0) is 17.5. The largest absolute Gasteiger partial charge is 0.490 e. The number of aromatic nitrogens is 1. The Bertz CT molecular complexity index is 922. The van der Waals surface area contributed by atoms with E-state index < -0.39 is 10.0 Å². The number of hydrogen-bond acceptors (Lipinski definition) is 4. The van der Waals surface area contributed by atoms with Gasteiger partial charge in [0.2, 0.25) is 10.0 Å². The smallest absolute Gasteiger partial charge is 0.212 e. The Morgan fingerprint density at radius 3 is 2.60 bits per heavy atom. The lowest BCUT2D eigenvalue weighted by Crippen LogP contribution is -2.31. The molecular weight excluding hydrogens is 336 g/mol. The molecule has 0 aliphatic rings. The van der Waals surface area contributed by atoms with Crippen molar-refractivity contribution in [2.45, 2.75) is 6.42 Å². The summed E-state index contributed by atoms with van der Waals surface area (Å²) in [7, 11) is -3.32. The van der Waals surface area contributed by atoms with Crippen molar-refractivity contribution in [1.29, 1.82) is 0 Å². The van der Waals surface area contributed by atoms with Crippen LogP contribution in [-0.2, 0) is 16.4 Å². The van der Waals surface area contributed by atoms with Gasteiger partial charge in [-0.25, -0.2) is 13.1 Å². The van der Waals surface area contributed by atoms with E-state index in [1.165, 1.54) is 0 Å². The molecule has 0 bridgehead atoms. The number of nitrogens with one attached hydrogen (secondary N) is 1. The molecule has 0 aliphatic carbocycles. The van der Waals surface area contributed by atoms with Crippen molar-refractivity contribution in [1.82, 2.24) is 9.71 Å². The van der Waals surface area contributed by atoms with Crippen LogP contribution >= 0.6 is 0 Å². The van der Waals surface area contributed by atoms with Crippen molar-refractivity contribution in [3.05, 3.63) is 72.4 Å². The van der Waals surface area contributed by atoms with E-state index in [1.54, 1.807) is 6.20 Å². The highest BCUT2D eigenvalue weighted by Gasteiger charge is 2.10. The van der Waals surface area contributed by atoms with Crippen molar-refractivity contribution in [3.63, 3.8) is 0 Å². The minimum absolute atomic E-state index is 0.0623. The van der Waals surface area contributed by atoms with Gasteiger partial charge in [-0.3, -0.25) is 4.98 Å². The van der Waals surface area contributed by atoms with Gasteiger partial charge in [0.15, 0.2) is 0 Å². The van der Waals surface area contributed by atoms with Crippen molar-refractivity contribution in [2.24, 2.45) is 0 Å². The van der Waals surface area contributed by atoms with Crippen molar-refractivity contribution in [3.8, 4) is 5.75 Å². The zero-order valence-corrected chi connectivity index (χ0v) is 14.6. The first-order valence-corrected chi connectivity index (χ1v) is 9.77. The summed E-state index contributed by atoms with van der Waals surface area (Å²) < 4.78 is 32.4. The molecule has 130 valence electrons. The summed E-state index contributed by atoms with van der Waals surface area (Å²) in [6.45, 7) is 0.473. The molecule has 25 heavy (non-hydrogen) atoms. The summed E-state index contributed by atoms with van der Waals surface area (Å²) in [5.74, 6) is 0.717. The molecule has 6 heteroatoms. The van der Waals surface area contributed by atoms with Gasteiger partial charge in [0.25, 0.3) is 0 Å². The number of benzene rings is 2. The average Bonchev–Trinajstić information content (AvgIpc) is 2.65. The number of sulfonamides is 1. The van der Waals surface area contributed by atoms with Crippen LogP contribution in [0.5, 0.6) is 5.75 Å². The Hall–Kier alpha value is -2.44. The maximum atomic E-state index is 12.0. The van der Waals surface area contributed by atoms with Crippen molar-refractivity contribution in [2.75, 3.05) is 18.9 Å². The third-order valence-corrected chi connectivity index (χ3v) is 5.17. The van der Waals surface area contributed by atoms with E-state index in [0.717, 1.165) is 16.5 Å². The molecule has 0 saturated heterocycles. The lowest BCUT2D eigenvalue weighted by molar-refractivity contribution is 0.326. The molecule has 5 nitrogen and oxygen atoms in total. The van der Waals surface area contributed by atoms with Gasteiger partial charge in [-0.15, -0.1) is 0 Å². The van der Waals surface area contributed by atoms with Crippen molar-refractivity contribution >= 4 is 20.9 Å². The number of nitrogens with zero attached hydrogens (tertiary/aromatic N) is 1. The molecule has 0 fully saturated rings. The van der Waals surface area contributed by atoms with Gasteiger partial charge in [-0.2, -0.15) is 0 Å². The normalized spacial score (nSPS) is 11.5. The van der Waals surface area contributed by atoms with Crippen LogP contribution in [0, 0.1) is 0 Å². The summed E-state index contributed by atoms with van der Waals surface area (Å²) in [6.07, 6.45) is 2.20. The molecule has 1 heterocycles. The molecule has 0 spiro atoms. The van der Waals surface area contributed by atoms with Crippen LogP contribution in [0.1, 0.15) is 5.56 Å². The number of pyridine rings is 1. The molecule has 0 amide bonds. The van der Waals surface area contributed by atoms with Gasteiger partial charge in [-0.1, -0.05) is 48.5 Å². The maximum absolute atomic E-state index is 12.0. The second kappa shape index (κ2) is 8.09. The van der Waals surface area contributed by atoms with Crippen LogP contribution in [0.25, 0.3) is 10.9 Å². The van der Waals surface area contributed by atoms with Gasteiger partial charge in [0.1, 0.15) is 17.9 Å². The third-order valence-electron chi connectivity index (χ3n) is 3.78. The first-order valence-electron chi connectivity index (χ1n) is 8.12. The van der Waals surface area contributed by atoms with E-state index in [9.17, 15) is 8.42 Å². The number of aryl methyl sites for hydroxylation is 1. The molecule has 3 rings (SSSR count). The van der Waals surface area contributed by atoms with E-state index in [0.29, 0.717) is 12.2 Å². The fraction of sp³-hybridized carbons (Fsp3) is 0.211. The SMILES string of the molecule is O=S(=O)(CCc1ccccc1)NCCOc1cccc2cccnc12. The van der Waals surface area contributed by atoms with E-state index in [-0.39, 0.29) is 18.9 Å². The quantitative estimate of drug-likeness (QED) is 0.630. The number of para-hydroxylation sites is 1. The van der Waals surface area contributed by atoms with Gasteiger partial charge in [0, 0.05) is 18.1 Å². The minimum Gasteiger partial charge on any atom is -0.490 e. The highest BCUT2D eigenvalue weighted by molar-refractivity contribution is 7.89. The Morgan fingerprint density at radius 1 is 0.960 bits per heavy atom. The van der Waals surface area contributed by atoms with Crippen LogP contribution < -0.4 is 9.46 Å². The fourth-order valence-corrected chi connectivity index (χ4v) is 3.56. The molecule has 0 atom stereocenters. The Morgan fingerprint density at radius 2 is 1.76 bits per heavy atom. The molecule has 0 saturated carbocycles. The van der Waals surface area contributed by atoms with E-state index in [2.05, 4.69) is 9.71 Å². The monoisotopic (exact) mass is 356 g/mol. The highest BCUT2D eigenvalue weighted by atomic mass is 32.2. The second-order valence-corrected chi connectivity index (χ2v) is 7.55. The second-order valence-electron chi connectivity index (χ2n) is 5.63. The number of rotatable bonds is 8. The van der Waals surface area contributed by atoms with Gasteiger partial charge < -0.3 is 4.74 Å². The van der Waals surface area contributed by atoms with Crippen molar-refractivity contribution < 1.29 is 13.2 Å². The number of ether oxygens (including phenoxy) is 1. The summed E-state index contributed by atoms with van der Waals surface area (Å²) in [4.78, 5) is 4.31. The Labute approximate surface area is 147 Å². The molecular formula is C19H20N2O3S. The number of hydrogen-bond donors (Lipinski definition) is 1. The zero-order valence-electron chi connectivity index (χ0n) is 13.8. The van der Waals surface area contributed by atoms with E-state index in [1.807, 2.05) is 60.7 Å². The standard InChI is InChI=1S/C19H20N2O3S/c22-25(23,15-11-16-6-2-1-3-7-16)21-13-14-24-18-10-4-8-17-9-5-12-20-19(17)18/h1-10,12,21H,11,13-15H2. The topological polar surface area (TPSA) is 68.3 Å². The molecule has 1 aromatic heterocycles. The van der Waals surface area contributed by atoms with E-state index >= 15 is 0 Å². The molecule has 0 unspecified atom stereocenters. The lowest BCUT2D eigenvalue weighted by Gasteiger charge is -2.10. The van der Waals surface area contributed by atoms with Crippen LogP contribution in [0.4, 0.5) is 0 Å². The predicted octanol–water partition coefficient (Wildman–Crippen LogP) is 2.78. The molecule has 0 aliphatic heterocycles. The summed E-state index contributed by atoms with van der Waals surface area (Å²) in [5.41, 5.74) is 1.78. The third kappa shape index (κ3) is 5.01. The molecule has 3 aromatic rings. The summed E-state index contributed by atoms with van der Waals surface area (Å²) in [5, 5.41) is 0.989. The van der Waals surface area contributed by atoms with Gasteiger partial charge in [-0.05, 0) is 24.1 Å². The fourth-order valence-electron chi connectivity index (χ4n) is 2.52. The van der Waals surface area contributed by atoms with Gasteiger partial charge in [0.05, 0.1) is 5.75 Å². The summed E-state index contributed by atoms with van der Waals surface area (Å²) >= 11 is 0. The van der Waals surface area contributed by atoms with Crippen LogP contribution in [-0.4, -0.2) is 32.3 Å². The minimum atomic E-state index is -3.32. The van der Waals surface area contributed by atoms with Crippen LogP contribution in [0.2, 0.25) is 0 Å². The lowest BCUT2D eigenvalue weighted by atomic mass is 10.2. The first-order chi connectivity index (χ1) is 12.1. The first kappa shape index (κ1) is 17.4. The predicted molar refractivity (Wildman–Crippen MR) is 99.2 cm³/mol. The molecule has 2 aromatic carbocycles. The highest BCUT2D eigenvalue weighted by Crippen LogP contribution is 2.22. The van der Waals surface area contributed by atoms with Gasteiger partial charge >= 0.3 is 0 Å². The molecule has 1 N–H and O–H groups in total. The number of fused-ring (bicyclic) bond motifs is 1. The Kier molecular flexibility index (Phi) is 5.63. The molecule has 0 radical (unpaired) electrons.